The highest BCUT2D eigenvalue weighted by molar-refractivity contribution is 5.37. The number of nitrogens with zero attached hydrogens (tertiary/aromatic N) is 4. The Morgan fingerprint density at radius 1 is 1.29 bits per heavy atom. The number of hydrogen-bond acceptors (Lipinski definition) is 5. The number of piperidine rings is 1. The highest BCUT2D eigenvalue weighted by atomic mass is 16.5. The molecule has 0 saturated carbocycles. The van der Waals surface area contributed by atoms with Crippen molar-refractivity contribution in [2.75, 3.05) is 52.3 Å². The van der Waals surface area contributed by atoms with Crippen LogP contribution in [0, 0.1) is 12.8 Å². The number of rotatable bonds is 6. The van der Waals surface area contributed by atoms with E-state index in [1.165, 1.54) is 25.9 Å². The molecule has 0 amide bonds. The first kappa shape index (κ1) is 16.2. The second-order valence-corrected chi connectivity index (χ2v) is 6.16. The zero-order valence-electron chi connectivity index (χ0n) is 13.8. The lowest BCUT2D eigenvalue weighted by Crippen LogP contribution is -2.36. The fourth-order valence-corrected chi connectivity index (χ4v) is 2.83. The van der Waals surface area contributed by atoms with E-state index in [1.807, 2.05) is 32.0 Å². The first-order valence-corrected chi connectivity index (χ1v) is 7.81. The monoisotopic (exact) mass is 292 g/mol. The van der Waals surface area contributed by atoms with Gasteiger partial charge in [0.15, 0.2) is 0 Å². The Balaban J connectivity index is 1.88. The van der Waals surface area contributed by atoms with Gasteiger partial charge in [0.05, 0.1) is 6.61 Å². The zero-order chi connectivity index (χ0) is 15.2. The Hall–Kier alpha value is -1.20. The number of likely N-dealkylation sites (tertiary alicyclic amines) is 1. The summed E-state index contributed by atoms with van der Waals surface area (Å²) in [4.78, 5) is 13.8. The van der Waals surface area contributed by atoms with Crippen LogP contribution in [-0.4, -0.2) is 62.3 Å². The summed E-state index contributed by atoms with van der Waals surface area (Å²) >= 11 is 0. The van der Waals surface area contributed by atoms with Crippen molar-refractivity contribution in [2.45, 2.75) is 26.2 Å². The predicted molar refractivity (Wildman–Crippen MR) is 85.8 cm³/mol. The topological polar surface area (TPSA) is 41.5 Å². The molecule has 0 N–H and O–H groups in total. The van der Waals surface area contributed by atoms with Gasteiger partial charge in [0.2, 0.25) is 0 Å². The Morgan fingerprint density at radius 3 is 2.62 bits per heavy atom. The minimum atomic E-state index is 0.709. The van der Waals surface area contributed by atoms with E-state index in [4.69, 9.17) is 4.74 Å². The van der Waals surface area contributed by atoms with E-state index in [-0.39, 0.29) is 0 Å². The van der Waals surface area contributed by atoms with Gasteiger partial charge in [-0.15, -0.1) is 0 Å². The number of methoxy groups -OCH3 is 1. The average molecular weight is 292 g/mol. The number of ether oxygens (including phenoxy) is 1. The Kier molecular flexibility index (Phi) is 5.94. The average Bonchev–Trinajstić information content (AvgIpc) is 2.46. The molecule has 5 nitrogen and oxygen atoms in total. The number of aromatic nitrogens is 2. The molecule has 0 aliphatic carbocycles. The molecule has 1 aromatic rings. The number of anilines is 1. The second kappa shape index (κ2) is 7.71. The largest absolute Gasteiger partial charge is 0.383 e. The van der Waals surface area contributed by atoms with Gasteiger partial charge in [-0.3, -0.25) is 0 Å². The van der Waals surface area contributed by atoms with Gasteiger partial charge >= 0.3 is 0 Å². The standard InChI is InChI=1S/C16H28N4O/c1-13-11-16(19(2)3)18-15(17-13)12-14-5-7-20(8-6-14)9-10-21-4/h11,14H,5-10,12H2,1-4H3. The molecule has 5 heteroatoms. The van der Waals surface area contributed by atoms with Crippen LogP contribution in [0.3, 0.4) is 0 Å². The van der Waals surface area contributed by atoms with Gasteiger partial charge < -0.3 is 14.5 Å². The van der Waals surface area contributed by atoms with Crippen LogP contribution in [0.4, 0.5) is 5.82 Å². The van der Waals surface area contributed by atoms with Gasteiger partial charge in [-0.2, -0.15) is 0 Å². The quantitative estimate of drug-likeness (QED) is 0.799. The summed E-state index contributed by atoms with van der Waals surface area (Å²) in [7, 11) is 5.82. The summed E-state index contributed by atoms with van der Waals surface area (Å²) in [5, 5.41) is 0. The van der Waals surface area contributed by atoms with Gasteiger partial charge in [-0.25, -0.2) is 9.97 Å². The SMILES string of the molecule is COCCN1CCC(Cc2nc(C)cc(N(C)C)n2)CC1. The highest BCUT2D eigenvalue weighted by Crippen LogP contribution is 2.21. The first-order valence-electron chi connectivity index (χ1n) is 7.81. The Labute approximate surface area is 128 Å². The highest BCUT2D eigenvalue weighted by Gasteiger charge is 2.20. The van der Waals surface area contributed by atoms with Gasteiger partial charge in [-0.1, -0.05) is 0 Å². The van der Waals surface area contributed by atoms with Crippen molar-refractivity contribution in [1.29, 1.82) is 0 Å². The molecule has 0 spiro atoms. The summed E-state index contributed by atoms with van der Waals surface area (Å²) in [5.41, 5.74) is 1.06. The molecule has 118 valence electrons. The summed E-state index contributed by atoms with van der Waals surface area (Å²) in [5.74, 6) is 2.71. The molecular weight excluding hydrogens is 264 g/mol. The van der Waals surface area contributed by atoms with Crippen LogP contribution in [-0.2, 0) is 11.2 Å². The van der Waals surface area contributed by atoms with Crippen molar-refractivity contribution >= 4 is 5.82 Å². The molecule has 2 rings (SSSR count). The third kappa shape index (κ3) is 4.93. The van der Waals surface area contributed by atoms with Crippen molar-refractivity contribution < 1.29 is 4.74 Å². The van der Waals surface area contributed by atoms with E-state index in [2.05, 4.69) is 14.9 Å². The lowest BCUT2D eigenvalue weighted by atomic mass is 9.93. The van der Waals surface area contributed by atoms with Crippen LogP contribution in [0.5, 0.6) is 0 Å². The molecule has 1 saturated heterocycles. The fraction of sp³-hybridized carbons (Fsp3) is 0.750. The Bertz CT molecular complexity index is 442. The molecule has 2 heterocycles. The maximum Gasteiger partial charge on any atom is 0.131 e. The summed E-state index contributed by atoms with van der Waals surface area (Å²) in [6.07, 6.45) is 3.47. The van der Waals surface area contributed by atoms with E-state index in [9.17, 15) is 0 Å². The zero-order valence-corrected chi connectivity index (χ0v) is 13.8. The summed E-state index contributed by atoms with van der Waals surface area (Å²) in [6.45, 7) is 6.26. The number of aryl methyl sites for hydroxylation is 1. The van der Waals surface area contributed by atoms with Crippen LogP contribution >= 0.6 is 0 Å². The predicted octanol–water partition coefficient (Wildman–Crippen LogP) is 1.75. The summed E-state index contributed by atoms with van der Waals surface area (Å²) < 4.78 is 5.15. The molecule has 1 fully saturated rings. The molecule has 0 bridgehead atoms. The lowest BCUT2D eigenvalue weighted by Gasteiger charge is -2.31. The van der Waals surface area contributed by atoms with E-state index >= 15 is 0 Å². The van der Waals surface area contributed by atoms with Crippen LogP contribution in [0.25, 0.3) is 0 Å². The van der Waals surface area contributed by atoms with Crippen molar-refractivity contribution in [3.63, 3.8) is 0 Å². The van der Waals surface area contributed by atoms with Gasteiger partial charge in [0.25, 0.3) is 0 Å². The van der Waals surface area contributed by atoms with Gasteiger partial charge in [-0.05, 0) is 38.8 Å². The second-order valence-electron chi connectivity index (χ2n) is 6.16. The molecule has 0 unspecified atom stereocenters. The summed E-state index contributed by atoms with van der Waals surface area (Å²) in [6, 6.07) is 2.04. The van der Waals surface area contributed by atoms with Crippen molar-refractivity contribution in [2.24, 2.45) is 5.92 Å². The van der Waals surface area contributed by atoms with Crippen LogP contribution in [0.15, 0.2) is 6.07 Å². The molecular formula is C16H28N4O. The smallest absolute Gasteiger partial charge is 0.131 e. The fourth-order valence-electron chi connectivity index (χ4n) is 2.83. The minimum absolute atomic E-state index is 0.709. The third-order valence-corrected chi connectivity index (χ3v) is 4.14. The van der Waals surface area contributed by atoms with E-state index in [1.54, 1.807) is 7.11 Å². The van der Waals surface area contributed by atoms with Crippen molar-refractivity contribution in [3.05, 3.63) is 17.6 Å². The minimum Gasteiger partial charge on any atom is -0.383 e. The van der Waals surface area contributed by atoms with E-state index in [0.717, 1.165) is 36.9 Å². The maximum absolute atomic E-state index is 5.15. The molecule has 0 radical (unpaired) electrons. The van der Waals surface area contributed by atoms with E-state index < -0.39 is 0 Å². The Morgan fingerprint density at radius 2 is 2.00 bits per heavy atom. The van der Waals surface area contributed by atoms with Crippen LogP contribution in [0.1, 0.15) is 24.4 Å². The molecule has 21 heavy (non-hydrogen) atoms. The normalized spacial score (nSPS) is 17.1. The van der Waals surface area contributed by atoms with Gasteiger partial charge in [0, 0.05) is 45.9 Å². The van der Waals surface area contributed by atoms with Crippen LogP contribution < -0.4 is 4.90 Å². The third-order valence-electron chi connectivity index (χ3n) is 4.14. The van der Waals surface area contributed by atoms with Crippen molar-refractivity contribution in [3.8, 4) is 0 Å². The molecule has 1 aliphatic rings. The van der Waals surface area contributed by atoms with Crippen LogP contribution in [0.2, 0.25) is 0 Å². The van der Waals surface area contributed by atoms with Gasteiger partial charge in [0.1, 0.15) is 11.6 Å². The first-order chi connectivity index (χ1) is 10.1. The lowest BCUT2D eigenvalue weighted by molar-refractivity contribution is 0.120. The maximum atomic E-state index is 5.15. The van der Waals surface area contributed by atoms with Crippen molar-refractivity contribution in [1.82, 2.24) is 14.9 Å². The number of hydrogen-bond donors (Lipinski definition) is 0. The molecule has 0 aromatic carbocycles. The molecule has 1 aromatic heterocycles. The molecule has 1 aliphatic heterocycles. The van der Waals surface area contributed by atoms with E-state index in [0.29, 0.717) is 5.92 Å². The molecule has 0 atom stereocenters.